The van der Waals surface area contributed by atoms with Crippen LogP contribution in [-0.2, 0) is 4.79 Å². The van der Waals surface area contributed by atoms with Crippen molar-refractivity contribution in [1.82, 2.24) is 5.32 Å². The summed E-state index contributed by atoms with van der Waals surface area (Å²) in [6.07, 6.45) is 11.5. The van der Waals surface area contributed by atoms with Crippen LogP contribution in [0.2, 0.25) is 0 Å². The number of carbonyl (C=O) groups excluding carboxylic acids is 1. The molecule has 3 N–H and O–H groups in total. The Balaban J connectivity index is 1.66. The molecule has 0 unspecified atom stereocenters. The standard InChI is InChI=1S/C14H26N2O/c15-12-6-8-13(9-7-12)16-14(17)10-11-4-2-1-3-5-11/h11-13H,1-10,15H2,(H,16,17). The first kappa shape index (κ1) is 12.9. The van der Waals surface area contributed by atoms with Crippen molar-refractivity contribution < 1.29 is 4.79 Å². The van der Waals surface area contributed by atoms with Crippen LogP contribution in [0.3, 0.4) is 0 Å². The van der Waals surface area contributed by atoms with Crippen LogP contribution in [0, 0.1) is 5.92 Å². The van der Waals surface area contributed by atoms with E-state index in [1.807, 2.05) is 0 Å². The lowest BCUT2D eigenvalue weighted by molar-refractivity contribution is -0.123. The van der Waals surface area contributed by atoms with Crippen LogP contribution in [0.15, 0.2) is 0 Å². The van der Waals surface area contributed by atoms with Gasteiger partial charge in [0.05, 0.1) is 0 Å². The van der Waals surface area contributed by atoms with Gasteiger partial charge in [0.25, 0.3) is 0 Å². The largest absolute Gasteiger partial charge is 0.353 e. The molecule has 0 bridgehead atoms. The quantitative estimate of drug-likeness (QED) is 0.793. The van der Waals surface area contributed by atoms with Crippen LogP contribution >= 0.6 is 0 Å². The van der Waals surface area contributed by atoms with E-state index in [1.165, 1.54) is 32.1 Å². The molecule has 2 fully saturated rings. The fourth-order valence-corrected chi connectivity index (χ4v) is 3.20. The number of hydrogen-bond acceptors (Lipinski definition) is 2. The molecule has 17 heavy (non-hydrogen) atoms. The second-order valence-electron chi connectivity index (χ2n) is 5.89. The third kappa shape index (κ3) is 4.30. The minimum absolute atomic E-state index is 0.275. The van der Waals surface area contributed by atoms with E-state index in [4.69, 9.17) is 5.73 Å². The Morgan fingerprint density at radius 1 is 1.00 bits per heavy atom. The number of hydrogen-bond donors (Lipinski definition) is 2. The van der Waals surface area contributed by atoms with Crippen molar-refractivity contribution in [3.8, 4) is 0 Å². The number of carbonyl (C=O) groups is 1. The molecule has 2 rings (SSSR count). The van der Waals surface area contributed by atoms with Crippen LogP contribution < -0.4 is 11.1 Å². The molecule has 0 spiro atoms. The Morgan fingerprint density at radius 2 is 1.65 bits per heavy atom. The van der Waals surface area contributed by atoms with E-state index < -0.39 is 0 Å². The lowest BCUT2D eigenvalue weighted by Crippen LogP contribution is -2.41. The van der Waals surface area contributed by atoms with Gasteiger partial charge in [0.1, 0.15) is 0 Å². The van der Waals surface area contributed by atoms with Gasteiger partial charge in [0.2, 0.25) is 5.91 Å². The van der Waals surface area contributed by atoms with Crippen molar-refractivity contribution in [1.29, 1.82) is 0 Å². The first-order chi connectivity index (χ1) is 8.24. The van der Waals surface area contributed by atoms with Crippen molar-refractivity contribution in [3.05, 3.63) is 0 Å². The SMILES string of the molecule is NC1CCC(NC(=O)CC2CCCCC2)CC1. The van der Waals surface area contributed by atoms with E-state index in [0.29, 0.717) is 18.0 Å². The fraction of sp³-hybridized carbons (Fsp3) is 0.929. The first-order valence-corrected chi connectivity index (χ1v) is 7.29. The molecule has 0 heterocycles. The summed E-state index contributed by atoms with van der Waals surface area (Å²) in [5, 5.41) is 3.19. The predicted molar refractivity (Wildman–Crippen MR) is 69.6 cm³/mol. The molecule has 0 aromatic carbocycles. The maximum absolute atomic E-state index is 11.9. The zero-order valence-corrected chi connectivity index (χ0v) is 10.8. The minimum atomic E-state index is 0.275. The van der Waals surface area contributed by atoms with Gasteiger partial charge in [-0.2, -0.15) is 0 Å². The molecule has 2 saturated carbocycles. The monoisotopic (exact) mass is 238 g/mol. The molecule has 98 valence electrons. The predicted octanol–water partition coefficient (Wildman–Crippen LogP) is 2.34. The van der Waals surface area contributed by atoms with Crippen molar-refractivity contribution in [2.45, 2.75) is 76.3 Å². The van der Waals surface area contributed by atoms with Crippen LogP contribution in [0.4, 0.5) is 0 Å². The van der Waals surface area contributed by atoms with E-state index in [1.54, 1.807) is 0 Å². The molecule has 0 aromatic heterocycles. The van der Waals surface area contributed by atoms with Gasteiger partial charge in [-0.15, -0.1) is 0 Å². The Morgan fingerprint density at radius 3 is 2.29 bits per heavy atom. The van der Waals surface area contributed by atoms with Crippen molar-refractivity contribution in [2.24, 2.45) is 11.7 Å². The molecule has 0 aliphatic heterocycles. The number of nitrogens with one attached hydrogen (secondary N) is 1. The smallest absolute Gasteiger partial charge is 0.220 e. The normalized spacial score (nSPS) is 31.1. The van der Waals surface area contributed by atoms with Crippen LogP contribution in [0.25, 0.3) is 0 Å². The molecular weight excluding hydrogens is 212 g/mol. The van der Waals surface area contributed by atoms with Gasteiger partial charge in [0.15, 0.2) is 0 Å². The van der Waals surface area contributed by atoms with Gasteiger partial charge in [-0.25, -0.2) is 0 Å². The first-order valence-electron chi connectivity index (χ1n) is 7.29. The lowest BCUT2D eigenvalue weighted by Gasteiger charge is -2.28. The highest BCUT2D eigenvalue weighted by molar-refractivity contribution is 5.76. The summed E-state index contributed by atoms with van der Waals surface area (Å²) < 4.78 is 0. The maximum Gasteiger partial charge on any atom is 0.220 e. The fourth-order valence-electron chi connectivity index (χ4n) is 3.20. The summed E-state index contributed by atoms with van der Waals surface area (Å²) in [4.78, 5) is 11.9. The van der Waals surface area contributed by atoms with Crippen LogP contribution in [0.1, 0.15) is 64.2 Å². The third-order valence-corrected chi connectivity index (χ3v) is 4.34. The molecule has 0 radical (unpaired) electrons. The molecule has 1 amide bonds. The van der Waals surface area contributed by atoms with Crippen molar-refractivity contribution >= 4 is 5.91 Å². The maximum atomic E-state index is 11.9. The van der Waals surface area contributed by atoms with Gasteiger partial charge in [0, 0.05) is 18.5 Å². The van der Waals surface area contributed by atoms with Gasteiger partial charge < -0.3 is 11.1 Å². The molecule has 3 heteroatoms. The van der Waals surface area contributed by atoms with Crippen LogP contribution in [-0.4, -0.2) is 18.0 Å². The van der Waals surface area contributed by atoms with Crippen molar-refractivity contribution in [2.75, 3.05) is 0 Å². The molecule has 0 atom stereocenters. The summed E-state index contributed by atoms with van der Waals surface area (Å²) in [6.45, 7) is 0. The van der Waals surface area contributed by atoms with Gasteiger partial charge >= 0.3 is 0 Å². The second-order valence-corrected chi connectivity index (χ2v) is 5.89. The Bertz CT molecular complexity index is 241. The number of rotatable bonds is 3. The summed E-state index contributed by atoms with van der Waals surface area (Å²) in [6, 6.07) is 0.757. The zero-order valence-electron chi connectivity index (χ0n) is 10.8. The van der Waals surface area contributed by atoms with Crippen LogP contribution in [0.5, 0.6) is 0 Å². The Kier molecular flexibility index (Phi) is 4.84. The summed E-state index contributed by atoms with van der Waals surface area (Å²) in [5.41, 5.74) is 5.86. The van der Waals surface area contributed by atoms with Gasteiger partial charge in [-0.3, -0.25) is 4.79 Å². The number of nitrogens with two attached hydrogens (primary N) is 1. The molecule has 0 saturated heterocycles. The topological polar surface area (TPSA) is 55.1 Å². The third-order valence-electron chi connectivity index (χ3n) is 4.34. The highest BCUT2D eigenvalue weighted by Crippen LogP contribution is 2.26. The van der Waals surface area contributed by atoms with E-state index in [2.05, 4.69) is 5.32 Å². The van der Waals surface area contributed by atoms with E-state index >= 15 is 0 Å². The lowest BCUT2D eigenvalue weighted by atomic mass is 9.86. The molecule has 0 aromatic rings. The second kappa shape index (κ2) is 6.39. The molecule has 2 aliphatic carbocycles. The van der Waals surface area contributed by atoms with E-state index in [9.17, 15) is 4.79 Å². The number of amides is 1. The van der Waals surface area contributed by atoms with E-state index in [0.717, 1.165) is 32.1 Å². The summed E-state index contributed by atoms with van der Waals surface area (Å²) in [5.74, 6) is 0.923. The molecular formula is C14H26N2O. The Hall–Kier alpha value is -0.570. The minimum Gasteiger partial charge on any atom is -0.353 e. The highest BCUT2D eigenvalue weighted by atomic mass is 16.1. The zero-order chi connectivity index (χ0) is 12.1. The summed E-state index contributed by atoms with van der Waals surface area (Å²) >= 11 is 0. The van der Waals surface area contributed by atoms with Gasteiger partial charge in [-0.05, 0) is 44.4 Å². The average molecular weight is 238 g/mol. The molecule has 2 aliphatic rings. The summed E-state index contributed by atoms with van der Waals surface area (Å²) in [7, 11) is 0. The van der Waals surface area contributed by atoms with Gasteiger partial charge in [-0.1, -0.05) is 19.3 Å². The highest BCUT2D eigenvalue weighted by Gasteiger charge is 2.22. The van der Waals surface area contributed by atoms with E-state index in [-0.39, 0.29) is 5.91 Å². The van der Waals surface area contributed by atoms with Crippen molar-refractivity contribution in [3.63, 3.8) is 0 Å². The Labute approximate surface area is 105 Å². The molecule has 3 nitrogen and oxygen atoms in total. The average Bonchev–Trinajstić information content (AvgIpc) is 2.33.